The minimum atomic E-state index is -0.243. The van der Waals surface area contributed by atoms with Crippen molar-refractivity contribution < 1.29 is 4.39 Å². The summed E-state index contributed by atoms with van der Waals surface area (Å²) in [7, 11) is 0. The monoisotopic (exact) mass is 289 g/mol. The summed E-state index contributed by atoms with van der Waals surface area (Å²) in [5.74, 6) is 5.56. The van der Waals surface area contributed by atoms with E-state index >= 15 is 0 Å². The first-order chi connectivity index (χ1) is 10.2. The van der Waals surface area contributed by atoms with Crippen molar-refractivity contribution in [3.05, 3.63) is 35.1 Å². The van der Waals surface area contributed by atoms with E-state index in [1.165, 1.54) is 25.1 Å². The van der Waals surface area contributed by atoms with Crippen molar-refractivity contribution in [3.63, 3.8) is 0 Å². The molecule has 0 aromatic heterocycles. The third kappa shape index (κ3) is 4.82. The molecule has 1 aliphatic heterocycles. The zero-order chi connectivity index (χ0) is 15.1. The van der Waals surface area contributed by atoms with E-state index in [2.05, 4.69) is 28.6 Å². The lowest BCUT2D eigenvalue weighted by Crippen LogP contribution is -2.46. The Morgan fingerprint density at radius 1 is 1.19 bits per heavy atom. The zero-order valence-electron chi connectivity index (χ0n) is 12.7. The molecule has 1 saturated heterocycles. The number of piperazine rings is 1. The summed E-state index contributed by atoms with van der Waals surface area (Å²) in [5.41, 5.74) is 7.25. The highest BCUT2D eigenvalue weighted by molar-refractivity contribution is 5.41. The third-order valence-corrected chi connectivity index (χ3v) is 3.80. The largest absolute Gasteiger partial charge is 0.320 e. The maximum absolute atomic E-state index is 13.4. The smallest absolute Gasteiger partial charge is 0.124 e. The second kappa shape index (κ2) is 8.14. The second-order valence-electron chi connectivity index (χ2n) is 5.43. The van der Waals surface area contributed by atoms with Gasteiger partial charge < -0.3 is 10.6 Å². The number of rotatable bonds is 4. The molecule has 0 atom stereocenters. The van der Waals surface area contributed by atoms with Gasteiger partial charge in [0.05, 0.1) is 6.54 Å². The highest BCUT2D eigenvalue weighted by Crippen LogP contribution is 2.14. The van der Waals surface area contributed by atoms with Gasteiger partial charge in [-0.2, -0.15) is 0 Å². The first kappa shape index (κ1) is 16.0. The fraction of sp³-hybridized carbons (Fsp3) is 0.529. The molecule has 4 heteroatoms. The first-order valence-corrected chi connectivity index (χ1v) is 7.65. The van der Waals surface area contributed by atoms with E-state index in [4.69, 9.17) is 5.73 Å². The van der Waals surface area contributed by atoms with Crippen molar-refractivity contribution >= 4 is 0 Å². The van der Waals surface area contributed by atoms with Crippen molar-refractivity contribution in [3.8, 4) is 11.8 Å². The Morgan fingerprint density at radius 2 is 1.90 bits per heavy atom. The van der Waals surface area contributed by atoms with E-state index in [0.717, 1.165) is 43.9 Å². The summed E-state index contributed by atoms with van der Waals surface area (Å²) in [4.78, 5) is 4.91. The Hall–Kier alpha value is -1.41. The molecular formula is C17H24FN3. The summed E-state index contributed by atoms with van der Waals surface area (Å²) in [5, 5.41) is 0. The van der Waals surface area contributed by atoms with Gasteiger partial charge in [0.2, 0.25) is 0 Å². The molecule has 0 bridgehead atoms. The van der Waals surface area contributed by atoms with Crippen molar-refractivity contribution in [2.24, 2.45) is 5.73 Å². The van der Waals surface area contributed by atoms with Crippen molar-refractivity contribution in [2.45, 2.75) is 19.9 Å². The summed E-state index contributed by atoms with van der Waals surface area (Å²) in [6.45, 7) is 8.85. The quantitative estimate of drug-likeness (QED) is 0.856. The van der Waals surface area contributed by atoms with Gasteiger partial charge in [-0.15, -0.1) is 0 Å². The Balaban J connectivity index is 2.00. The first-order valence-electron chi connectivity index (χ1n) is 7.65. The summed E-state index contributed by atoms with van der Waals surface area (Å²) in [6, 6.07) is 4.86. The van der Waals surface area contributed by atoms with Crippen LogP contribution in [0.5, 0.6) is 0 Å². The maximum atomic E-state index is 13.4. The van der Waals surface area contributed by atoms with Crippen LogP contribution in [0.25, 0.3) is 0 Å². The third-order valence-electron chi connectivity index (χ3n) is 3.80. The molecule has 21 heavy (non-hydrogen) atoms. The molecule has 0 unspecified atom stereocenters. The molecule has 1 fully saturated rings. The van der Waals surface area contributed by atoms with E-state index in [0.29, 0.717) is 6.54 Å². The lowest BCUT2D eigenvalue weighted by Gasteiger charge is -2.34. The maximum Gasteiger partial charge on any atom is 0.124 e. The molecule has 0 spiro atoms. The van der Waals surface area contributed by atoms with Crippen molar-refractivity contribution in [1.82, 2.24) is 9.80 Å². The van der Waals surface area contributed by atoms with Gasteiger partial charge in [-0.25, -0.2) is 4.39 Å². The molecule has 0 aliphatic carbocycles. The average Bonchev–Trinajstić information content (AvgIpc) is 2.49. The van der Waals surface area contributed by atoms with E-state index in [-0.39, 0.29) is 5.82 Å². The highest BCUT2D eigenvalue weighted by atomic mass is 19.1. The zero-order valence-corrected chi connectivity index (χ0v) is 12.7. The van der Waals surface area contributed by atoms with Gasteiger partial charge >= 0.3 is 0 Å². The molecule has 2 rings (SSSR count). The number of nitrogens with two attached hydrogens (primary N) is 1. The molecule has 1 aliphatic rings. The SMILES string of the molecule is CCCN1CCN(Cc2ccc(F)cc2C#CCN)CC1. The molecule has 0 amide bonds. The number of benzene rings is 1. The normalized spacial score (nSPS) is 16.5. The lowest BCUT2D eigenvalue weighted by atomic mass is 10.1. The van der Waals surface area contributed by atoms with Gasteiger partial charge in [0.25, 0.3) is 0 Å². The van der Waals surface area contributed by atoms with Gasteiger partial charge in [0, 0.05) is 38.3 Å². The van der Waals surface area contributed by atoms with Crippen molar-refractivity contribution in [2.75, 3.05) is 39.3 Å². The van der Waals surface area contributed by atoms with Crippen LogP contribution in [-0.4, -0.2) is 49.1 Å². The standard InChI is InChI=1S/C17H24FN3/c1-2-8-20-9-11-21(12-10-20)14-16-5-6-17(18)13-15(16)4-3-7-19/h5-6,13H,2,7-12,14,19H2,1H3. The summed E-state index contributed by atoms with van der Waals surface area (Å²) in [6.07, 6.45) is 1.21. The van der Waals surface area contributed by atoms with Crippen LogP contribution in [0.4, 0.5) is 4.39 Å². The van der Waals surface area contributed by atoms with Gasteiger partial charge in [-0.1, -0.05) is 24.8 Å². The summed E-state index contributed by atoms with van der Waals surface area (Å²) < 4.78 is 13.4. The molecule has 0 saturated carbocycles. The van der Waals surface area contributed by atoms with Gasteiger partial charge in [0.15, 0.2) is 0 Å². The Bertz CT molecular complexity index is 511. The fourth-order valence-corrected chi connectivity index (χ4v) is 2.68. The predicted molar refractivity (Wildman–Crippen MR) is 84.3 cm³/mol. The Morgan fingerprint density at radius 3 is 2.57 bits per heavy atom. The average molecular weight is 289 g/mol. The van der Waals surface area contributed by atoms with E-state index < -0.39 is 0 Å². The molecule has 2 N–H and O–H groups in total. The van der Waals surface area contributed by atoms with Crippen LogP contribution in [0, 0.1) is 17.7 Å². The predicted octanol–water partition coefficient (Wildman–Crippen LogP) is 1.66. The van der Waals surface area contributed by atoms with Crippen LogP contribution in [0.2, 0.25) is 0 Å². The molecular weight excluding hydrogens is 265 g/mol. The summed E-state index contributed by atoms with van der Waals surface area (Å²) >= 11 is 0. The molecule has 1 heterocycles. The van der Waals surface area contributed by atoms with E-state index in [9.17, 15) is 4.39 Å². The fourth-order valence-electron chi connectivity index (χ4n) is 2.68. The number of nitrogens with zero attached hydrogens (tertiary/aromatic N) is 2. The van der Waals surface area contributed by atoms with Crippen LogP contribution in [0.1, 0.15) is 24.5 Å². The number of hydrogen-bond acceptors (Lipinski definition) is 3. The van der Waals surface area contributed by atoms with Gasteiger partial charge in [-0.3, -0.25) is 4.90 Å². The Labute approximate surface area is 126 Å². The topological polar surface area (TPSA) is 32.5 Å². The van der Waals surface area contributed by atoms with E-state index in [1.807, 2.05) is 6.07 Å². The molecule has 1 aromatic carbocycles. The van der Waals surface area contributed by atoms with Crippen molar-refractivity contribution in [1.29, 1.82) is 0 Å². The van der Waals surface area contributed by atoms with Crippen LogP contribution >= 0.6 is 0 Å². The van der Waals surface area contributed by atoms with Gasteiger partial charge in [-0.05, 0) is 30.7 Å². The van der Waals surface area contributed by atoms with E-state index in [1.54, 1.807) is 0 Å². The molecule has 3 nitrogen and oxygen atoms in total. The molecule has 0 radical (unpaired) electrons. The minimum Gasteiger partial charge on any atom is -0.320 e. The van der Waals surface area contributed by atoms with Crippen LogP contribution in [0.15, 0.2) is 18.2 Å². The second-order valence-corrected chi connectivity index (χ2v) is 5.43. The Kier molecular flexibility index (Phi) is 6.19. The van der Waals surface area contributed by atoms with Crippen LogP contribution in [-0.2, 0) is 6.54 Å². The molecule has 114 valence electrons. The minimum absolute atomic E-state index is 0.243. The van der Waals surface area contributed by atoms with Crippen LogP contribution < -0.4 is 5.73 Å². The highest BCUT2D eigenvalue weighted by Gasteiger charge is 2.17. The molecule has 1 aromatic rings. The van der Waals surface area contributed by atoms with Crippen LogP contribution in [0.3, 0.4) is 0 Å². The number of halogens is 1. The number of hydrogen-bond donors (Lipinski definition) is 1. The van der Waals surface area contributed by atoms with Gasteiger partial charge in [0.1, 0.15) is 5.82 Å². The lowest BCUT2D eigenvalue weighted by molar-refractivity contribution is 0.127.